The van der Waals surface area contributed by atoms with Gasteiger partial charge in [0.05, 0.1) is 10.7 Å². The van der Waals surface area contributed by atoms with Gasteiger partial charge in [-0.05, 0) is 62.0 Å². The minimum absolute atomic E-state index is 0.250. The zero-order chi connectivity index (χ0) is 32.3. The molecule has 2 heterocycles. The third-order valence-corrected chi connectivity index (χ3v) is 8.63. The van der Waals surface area contributed by atoms with Crippen LogP contribution in [0.1, 0.15) is 67.6 Å². The maximum absolute atomic E-state index is 8.58. The molecule has 2 aliphatic rings. The third-order valence-electron chi connectivity index (χ3n) is 6.53. The summed E-state index contributed by atoms with van der Waals surface area (Å²) < 4.78 is 0. The number of primary amides is 3. The first-order chi connectivity index (χ1) is 20.8. The molecule has 0 saturated carbocycles. The first-order valence-electron chi connectivity index (χ1n) is 15.0. The highest BCUT2D eigenvalue weighted by Gasteiger charge is 2.19. The summed E-state index contributed by atoms with van der Waals surface area (Å²) >= 11 is 4.03. The van der Waals surface area contributed by atoms with Crippen LogP contribution in [0.2, 0.25) is 0 Å². The van der Waals surface area contributed by atoms with E-state index in [1.165, 1.54) is 77.0 Å². The molecule has 10 heteroatoms. The van der Waals surface area contributed by atoms with Crippen molar-refractivity contribution in [1.82, 2.24) is 9.88 Å². The van der Waals surface area contributed by atoms with Gasteiger partial charge in [-0.3, -0.25) is 19.3 Å². The van der Waals surface area contributed by atoms with E-state index in [9.17, 15) is 0 Å². The summed E-state index contributed by atoms with van der Waals surface area (Å²) in [6.45, 7) is 14.5. The Balaban J connectivity index is 0.00000127. The minimum Gasteiger partial charge on any atom is -0.372 e. The van der Waals surface area contributed by atoms with Gasteiger partial charge in [0.15, 0.2) is 0 Å². The van der Waals surface area contributed by atoms with E-state index in [1.807, 2.05) is 11.3 Å². The maximum Gasteiger partial charge on any atom is 0.204 e. The van der Waals surface area contributed by atoms with Gasteiger partial charge >= 0.3 is 0 Å². The van der Waals surface area contributed by atoms with Crippen molar-refractivity contribution in [3.05, 3.63) is 69.7 Å². The molecule has 4 rings (SSSR count). The van der Waals surface area contributed by atoms with Crippen molar-refractivity contribution in [3.8, 4) is 0 Å². The van der Waals surface area contributed by atoms with E-state index in [0.717, 1.165) is 25.8 Å². The number of aromatic nitrogens is 1. The molecule has 2 unspecified atom stereocenters. The van der Waals surface area contributed by atoms with Crippen LogP contribution in [0.4, 0.5) is 0 Å². The average molecular weight is 632 g/mol. The summed E-state index contributed by atoms with van der Waals surface area (Å²) in [7, 11) is 0. The molecule has 0 radical (unpaired) electrons. The predicted molar refractivity (Wildman–Crippen MR) is 185 cm³/mol. The number of nitrogens with zero attached hydrogens (tertiary/aromatic N) is 2. The molecule has 2 aromatic rings. The molecule has 1 aromatic heterocycles. The Morgan fingerprint density at radius 3 is 2.19 bits per heavy atom. The Bertz CT molecular complexity index is 1030. The van der Waals surface area contributed by atoms with E-state index < -0.39 is 0 Å². The number of amides is 3. The number of carbonyl (C=O) groups excluding carboxylic acids is 3. The molecular weight excluding hydrogens is 579 g/mol. The van der Waals surface area contributed by atoms with Crippen molar-refractivity contribution in [2.45, 2.75) is 65.7 Å². The predicted octanol–water partition coefficient (Wildman–Crippen LogP) is 5.25. The van der Waals surface area contributed by atoms with Crippen molar-refractivity contribution in [2.24, 2.45) is 29.0 Å². The van der Waals surface area contributed by atoms with Crippen molar-refractivity contribution < 1.29 is 14.4 Å². The van der Waals surface area contributed by atoms with E-state index in [0.29, 0.717) is 11.8 Å². The summed E-state index contributed by atoms with van der Waals surface area (Å²) in [6.07, 6.45) is 13.6. The van der Waals surface area contributed by atoms with Crippen LogP contribution in [0.25, 0.3) is 6.08 Å². The molecule has 1 fully saturated rings. The molecule has 0 bridgehead atoms. The van der Waals surface area contributed by atoms with E-state index in [4.69, 9.17) is 19.4 Å². The Hall–Kier alpha value is -2.95. The summed E-state index contributed by atoms with van der Waals surface area (Å²) in [4.78, 5) is 34.8. The number of hydrogen-bond donors (Lipinski definition) is 3. The summed E-state index contributed by atoms with van der Waals surface area (Å²) in [5.41, 5.74) is 16.6. The molecule has 3 amide bonds. The molecule has 6 N–H and O–H groups in total. The van der Waals surface area contributed by atoms with Crippen molar-refractivity contribution in [1.29, 1.82) is 0 Å². The van der Waals surface area contributed by atoms with Crippen molar-refractivity contribution in [3.63, 3.8) is 0 Å². The highest BCUT2D eigenvalue weighted by molar-refractivity contribution is 7.99. The largest absolute Gasteiger partial charge is 0.372 e. The molecule has 0 spiro atoms. The summed E-state index contributed by atoms with van der Waals surface area (Å²) in [5, 5.41) is 1.32. The van der Waals surface area contributed by atoms with Crippen LogP contribution in [-0.2, 0) is 33.6 Å². The second kappa shape index (κ2) is 26.7. The van der Waals surface area contributed by atoms with Crippen LogP contribution in [-0.4, -0.2) is 60.3 Å². The lowest BCUT2D eigenvalue weighted by Gasteiger charge is -2.28. The van der Waals surface area contributed by atoms with Crippen molar-refractivity contribution in [2.75, 3.05) is 31.1 Å². The van der Waals surface area contributed by atoms with Crippen LogP contribution < -0.4 is 17.2 Å². The molecule has 1 aliphatic carbocycles. The number of fused-ring (bicyclic) bond motifs is 1. The quantitative estimate of drug-likeness (QED) is 0.241. The van der Waals surface area contributed by atoms with Gasteiger partial charge < -0.3 is 17.2 Å². The fourth-order valence-electron chi connectivity index (χ4n) is 4.71. The Kier molecular flexibility index (Phi) is 24.8. The molecule has 1 aromatic carbocycles. The summed E-state index contributed by atoms with van der Waals surface area (Å²) in [6, 6.07) is 11.0. The van der Waals surface area contributed by atoms with Crippen LogP contribution >= 0.6 is 23.1 Å². The summed E-state index contributed by atoms with van der Waals surface area (Å²) in [5.74, 6) is 3.86. The fourth-order valence-corrected chi connectivity index (χ4v) is 6.85. The highest BCUT2D eigenvalue weighted by Crippen LogP contribution is 2.31. The fraction of sp³-hybridized carbons (Fsp3) is 0.515. The van der Waals surface area contributed by atoms with Crippen LogP contribution in [0.5, 0.6) is 0 Å². The SMILES string of the molecule is C=C(CC(CCc1nc2c(s1)CC(CC)C=C2)Cc1ccccc1)CN1CCSCC1.CCC.NC=O.NC=O.NC=O. The topological polar surface area (TPSA) is 145 Å². The number of thiazole rings is 1. The van der Waals surface area contributed by atoms with E-state index >= 15 is 0 Å². The van der Waals surface area contributed by atoms with Crippen LogP contribution in [0.3, 0.4) is 0 Å². The number of benzene rings is 1. The number of rotatable bonds is 10. The van der Waals surface area contributed by atoms with Gasteiger partial charge in [0.1, 0.15) is 0 Å². The zero-order valence-corrected chi connectivity index (χ0v) is 27.9. The number of hydrogen-bond acceptors (Lipinski definition) is 7. The van der Waals surface area contributed by atoms with E-state index in [2.05, 4.69) is 104 Å². The van der Waals surface area contributed by atoms with Gasteiger partial charge in [-0.15, -0.1) is 11.3 Å². The van der Waals surface area contributed by atoms with E-state index in [-0.39, 0.29) is 19.2 Å². The Morgan fingerprint density at radius 1 is 1.05 bits per heavy atom. The standard InChI is InChI=1S/C27H36N2S2.C3H8.3CH3NO/c1-3-22-9-11-25-26(19-22)31-27(28-25)12-10-24(18-23-7-5-4-6-8-23)17-21(2)20-29-13-15-30-16-14-29;1-3-2;3*2-1-3/h4-9,11,22,24H,2-3,10,12-20H2,1H3;3H2,1-2H3;3*1H,(H2,2,3). The number of aryl methyl sites for hydroxylation is 1. The lowest BCUT2D eigenvalue weighted by Crippen LogP contribution is -2.34. The first-order valence-corrected chi connectivity index (χ1v) is 17.0. The molecule has 1 aliphatic heterocycles. The average Bonchev–Trinajstić information content (AvgIpc) is 3.41. The second-order valence-corrected chi connectivity index (χ2v) is 12.6. The van der Waals surface area contributed by atoms with Gasteiger partial charge in [-0.1, -0.05) is 75.8 Å². The number of nitrogens with two attached hydrogens (primary N) is 3. The van der Waals surface area contributed by atoms with Crippen LogP contribution in [0, 0.1) is 11.8 Å². The highest BCUT2D eigenvalue weighted by atomic mass is 32.2. The molecule has 2 atom stereocenters. The number of thioether (sulfide) groups is 1. The van der Waals surface area contributed by atoms with E-state index in [1.54, 1.807) is 0 Å². The normalized spacial score (nSPS) is 15.6. The lowest BCUT2D eigenvalue weighted by atomic mass is 9.89. The van der Waals surface area contributed by atoms with Gasteiger partial charge in [0.2, 0.25) is 19.2 Å². The molecule has 1 saturated heterocycles. The Morgan fingerprint density at radius 2 is 1.63 bits per heavy atom. The Labute approximate surface area is 267 Å². The molecular formula is C33H53N5O3S2. The van der Waals surface area contributed by atoms with Gasteiger partial charge in [-0.2, -0.15) is 11.8 Å². The second-order valence-electron chi connectivity index (χ2n) is 10.2. The molecule has 240 valence electrons. The monoisotopic (exact) mass is 631 g/mol. The van der Waals surface area contributed by atoms with Gasteiger partial charge in [0.25, 0.3) is 0 Å². The number of carbonyl (C=O) groups is 3. The third kappa shape index (κ3) is 19.0. The zero-order valence-electron chi connectivity index (χ0n) is 26.3. The lowest BCUT2D eigenvalue weighted by molar-refractivity contribution is -0.107. The smallest absolute Gasteiger partial charge is 0.204 e. The molecule has 8 nitrogen and oxygen atoms in total. The van der Waals surface area contributed by atoms with Crippen LogP contribution in [0.15, 0.2) is 48.6 Å². The van der Waals surface area contributed by atoms with Gasteiger partial charge in [-0.25, -0.2) is 4.98 Å². The molecule has 43 heavy (non-hydrogen) atoms. The van der Waals surface area contributed by atoms with Crippen molar-refractivity contribution >= 4 is 48.4 Å². The van der Waals surface area contributed by atoms with Gasteiger partial charge in [0, 0.05) is 36.0 Å². The first kappa shape index (κ1) is 40.1. The minimum atomic E-state index is 0.250. The maximum atomic E-state index is 8.58. The number of allylic oxidation sites excluding steroid dienone is 1.